The quantitative estimate of drug-likeness (QED) is 0.428. The van der Waals surface area contributed by atoms with Crippen molar-refractivity contribution in [2.45, 2.75) is 13.5 Å². The van der Waals surface area contributed by atoms with Gasteiger partial charge in [0.1, 0.15) is 0 Å². The van der Waals surface area contributed by atoms with E-state index in [1.165, 1.54) is 4.68 Å². The van der Waals surface area contributed by atoms with Crippen LogP contribution in [-0.4, -0.2) is 30.9 Å². The normalized spacial score (nSPS) is 11.4. The third-order valence-corrected chi connectivity index (χ3v) is 5.02. The zero-order valence-electron chi connectivity index (χ0n) is 15.5. The standard InChI is InChI=1S/C21H17FN6O/c1-2-28-20(16(22)11-25-28)21(29)26-18-8-12(9-19-15(18)10-24-27-19)13-4-3-5-17-14(13)6-7-23-17/h3-11,23H,2H2,1H3,(H,24,27)(H,26,29). The summed E-state index contributed by atoms with van der Waals surface area (Å²) in [5.74, 6) is -1.21. The average Bonchev–Trinajstić information content (AvgIpc) is 3.46. The number of nitrogens with zero attached hydrogens (tertiary/aromatic N) is 3. The number of aromatic nitrogens is 5. The van der Waals surface area contributed by atoms with Gasteiger partial charge in [-0.3, -0.25) is 14.6 Å². The van der Waals surface area contributed by atoms with Gasteiger partial charge in [-0.05, 0) is 42.3 Å². The number of anilines is 1. The lowest BCUT2D eigenvalue weighted by atomic mass is 9.99. The van der Waals surface area contributed by atoms with Crippen molar-refractivity contribution in [2.75, 3.05) is 5.32 Å². The molecule has 7 nitrogen and oxygen atoms in total. The number of hydrogen-bond acceptors (Lipinski definition) is 3. The summed E-state index contributed by atoms with van der Waals surface area (Å²) in [7, 11) is 0. The third kappa shape index (κ3) is 2.77. The highest BCUT2D eigenvalue weighted by Crippen LogP contribution is 2.34. The lowest BCUT2D eigenvalue weighted by Crippen LogP contribution is -2.19. The molecule has 29 heavy (non-hydrogen) atoms. The second kappa shape index (κ2) is 6.59. The fourth-order valence-corrected chi connectivity index (χ4v) is 3.66. The van der Waals surface area contributed by atoms with Crippen LogP contribution in [0.25, 0.3) is 32.9 Å². The first kappa shape index (κ1) is 17.2. The van der Waals surface area contributed by atoms with E-state index in [1.54, 1.807) is 13.1 Å². The summed E-state index contributed by atoms with van der Waals surface area (Å²) >= 11 is 0. The van der Waals surface area contributed by atoms with E-state index in [0.717, 1.165) is 39.1 Å². The van der Waals surface area contributed by atoms with E-state index in [-0.39, 0.29) is 5.69 Å². The fraction of sp³-hybridized carbons (Fsp3) is 0.0952. The van der Waals surface area contributed by atoms with Gasteiger partial charge in [-0.25, -0.2) is 4.39 Å². The van der Waals surface area contributed by atoms with Crippen molar-refractivity contribution in [3.8, 4) is 11.1 Å². The lowest BCUT2D eigenvalue weighted by Gasteiger charge is -2.11. The summed E-state index contributed by atoms with van der Waals surface area (Å²) in [5.41, 5.74) is 4.17. The number of hydrogen-bond donors (Lipinski definition) is 3. The molecule has 1 amide bonds. The lowest BCUT2D eigenvalue weighted by molar-refractivity contribution is 0.101. The van der Waals surface area contributed by atoms with Crippen LogP contribution in [-0.2, 0) is 6.54 Å². The van der Waals surface area contributed by atoms with E-state index >= 15 is 0 Å². The van der Waals surface area contributed by atoms with E-state index in [9.17, 15) is 9.18 Å². The third-order valence-electron chi connectivity index (χ3n) is 5.02. The first-order valence-electron chi connectivity index (χ1n) is 9.22. The Hall–Kier alpha value is -3.94. The molecule has 0 saturated carbocycles. The Morgan fingerprint density at radius 1 is 1.17 bits per heavy atom. The van der Waals surface area contributed by atoms with Gasteiger partial charge in [0, 0.05) is 29.0 Å². The summed E-state index contributed by atoms with van der Waals surface area (Å²) in [4.78, 5) is 16.0. The molecule has 3 aromatic heterocycles. The number of aromatic amines is 2. The smallest absolute Gasteiger partial charge is 0.277 e. The molecule has 2 aromatic carbocycles. The van der Waals surface area contributed by atoms with Crippen molar-refractivity contribution in [2.24, 2.45) is 0 Å². The van der Waals surface area contributed by atoms with Crippen LogP contribution in [0.15, 0.2) is 55.0 Å². The minimum atomic E-state index is -0.652. The number of nitrogens with one attached hydrogen (secondary N) is 3. The highest BCUT2D eigenvalue weighted by atomic mass is 19.1. The average molecular weight is 388 g/mol. The second-order valence-electron chi connectivity index (χ2n) is 6.71. The number of halogens is 1. The number of H-pyrrole nitrogens is 2. The van der Waals surface area contributed by atoms with E-state index < -0.39 is 11.7 Å². The number of rotatable bonds is 4. The van der Waals surface area contributed by atoms with E-state index in [1.807, 2.05) is 42.6 Å². The van der Waals surface area contributed by atoms with Crippen molar-refractivity contribution in [1.82, 2.24) is 25.0 Å². The Labute approximate surface area is 164 Å². The number of carbonyl (C=O) groups excluding carboxylic acids is 1. The number of fused-ring (bicyclic) bond motifs is 2. The van der Waals surface area contributed by atoms with Crippen LogP contribution >= 0.6 is 0 Å². The van der Waals surface area contributed by atoms with Crippen LogP contribution in [0.4, 0.5) is 10.1 Å². The molecule has 5 aromatic rings. The van der Waals surface area contributed by atoms with Crippen LogP contribution < -0.4 is 5.32 Å². The van der Waals surface area contributed by atoms with Gasteiger partial charge in [0.2, 0.25) is 0 Å². The van der Waals surface area contributed by atoms with Crippen LogP contribution in [0, 0.1) is 5.82 Å². The van der Waals surface area contributed by atoms with Crippen molar-refractivity contribution in [3.05, 3.63) is 66.5 Å². The Bertz CT molecular complexity index is 1360. The van der Waals surface area contributed by atoms with Gasteiger partial charge < -0.3 is 10.3 Å². The molecule has 0 atom stereocenters. The molecule has 0 unspecified atom stereocenters. The van der Waals surface area contributed by atoms with Crippen LogP contribution in [0.3, 0.4) is 0 Å². The molecule has 0 aliphatic rings. The molecule has 144 valence electrons. The number of amides is 1. The van der Waals surface area contributed by atoms with Gasteiger partial charge in [-0.2, -0.15) is 10.2 Å². The molecule has 3 N–H and O–H groups in total. The van der Waals surface area contributed by atoms with E-state index in [4.69, 9.17) is 0 Å². The molecule has 0 aliphatic heterocycles. The Kier molecular flexibility index (Phi) is 3.90. The molecule has 0 fully saturated rings. The molecule has 0 spiro atoms. The van der Waals surface area contributed by atoms with Crippen molar-refractivity contribution >= 4 is 33.4 Å². The van der Waals surface area contributed by atoms with Crippen LogP contribution in [0.2, 0.25) is 0 Å². The minimum absolute atomic E-state index is 0.0951. The van der Waals surface area contributed by atoms with Crippen LogP contribution in [0.1, 0.15) is 17.4 Å². The topological polar surface area (TPSA) is 91.4 Å². The highest BCUT2D eigenvalue weighted by molar-refractivity contribution is 6.09. The minimum Gasteiger partial charge on any atom is -0.361 e. The zero-order valence-corrected chi connectivity index (χ0v) is 15.5. The number of aryl methyl sites for hydroxylation is 1. The van der Waals surface area contributed by atoms with Gasteiger partial charge in [0.05, 0.1) is 23.6 Å². The summed E-state index contributed by atoms with van der Waals surface area (Å²) in [5, 5.41) is 15.6. The summed E-state index contributed by atoms with van der Waals surface area (Å²) < 4.78 is 15.5. The SMILES string of the molecule is CCn1ncc(F)c1C(=O)Nc1cc(-c2cccc3[nH]ccc23)cc2[nH]ncc12. The Morgan fingerprint density at radius 2 is 2.07 bits per heavy atom. The number of benzene rings is 2. The largest absolute Gasteiger partial charge is 0.361 e. The highest BCUT2D eigenvalue weighted by Gasteiger charge is 2.20. The molecule has 5 rings (SSSR count). The Balaban J connectivity index is 1.63. The Morgan fingerprint density at radius 3 is 2.93 bits per heavy atom. The molecule has 0 bridgehead atoms. The maximum absolute atomic E-state index is 14.1. The zero-order chi connectivity index (χ0) is 20.0. The summed E-state index contributed by atoms with van der Waals surface area (Å²) in [6, 6.07) is 11.9. The summed E-state index contributed by atoms with van der Waals surface area (Å²) in [6.45, 7) is 2.19. The van der Waals surface area contributed by atoms with Gasteiger partial charge in [0.25, 0.3) is 5.91 Å². The molecule has 8 heteroatoms. The first-order valence-corrected chi connectivity index (χ1v) is 9.22. The number of carbonyl (C=O) groups is 1. The van der Waals surface area contributed by atoms with E-state index in [0.29, 0.717) is 12.2 Å². The van der Waals surface area contributed by atoms with Gasteiger partial charge >= 0.3 is 0 Å². The van der Waals surface area contributed by atoms with E-state index in [2.05, 4.69) is 25.6 Å². The molecular formula is C21H17FN6O. The molecule has 0 radical (unpaired) electrons. The molecule has 0 saturated heterocycles. The molecular weight excluding hydrogens is 371 g/mol. The van der Waals surface area contributed by atoms with Gasteiger partial charge in [-0.1, -0.05) is 12.1 Å². The fourth-order valence-electron chi connectivity index (χ4n) is 3.66. The van der Waals surface area contributed by atoms with Gasteiger partial charge in [0.15, 0.2) is 11.5 Å². The molecule has 3 heterocycles. The summed E-state index contributed by atoms with van der Waals surface area (Å²) in [6.07, 6.45) is 4.58. The monoisotopic (exact) mass is 388 g/mol. The van der Waals surface area contributed by atoms with Gasteiger partial charge in [-0.15, -0.1) is 0 Å². The maximum atomic E-state index is 14.1. The predicted octanol–water partition coefficient (Wildman–Crippen LogP) is 4.32. The van der Waals surface area contributed by atoms with Crippen molar-refractivity contribution in [3.63, 3.8) is 0 Å². The first-order chi connectivity index (χ1) is 14.2. The maximum Gasteiger partial charge on any atom is 0.277 e. The van der Waals surface area contributed by atoms with Crippen LogP contribution in [0.5, 0.6) is 0 Å². The predicted molar refractivity (Wildman–Crippen MR) is 109 cm³/mol. The van der Waals surface area contributed by atoms with Crippen molar-refractivity contribution in [1.29, 1.82) is 0 Å². The van der Waals surface area contributed by atoms with Crippen molar-refractivity contribution < 1.29 is 9.18 Å². The second-order valence-corrected chi connectivity index (χ2v) is 6.71. The molecule has 0 aliphatic carbocycles.